The summed E-state index contributed by atoms with van der Waals surface area (Å²) in [5.41, 5.74) is 2.99. The standard InChI is InChI=1S/C17H16O2/c1-12-6-8-13(9-7-12)14-10-11-19-16-5-3-2-4-15(16)17(14)18/h2-9,14H,10-11H2,1H3. The first-order valence-corrected chi connectivity index (χ1v) is 6.58. The fourth-order valence-corrected chi connectivity index (χ4v) is 2.52. The summed E-state index contributed by atoms with van der Waals surface area (Å²) in [4.78, 5) is 12.6. The van der Waals surface area contributed by atoms with E-state index in [1.165, 1.54) is 5.56 Å². The van der Waals surface area contributed by atoms with Crippen LogP contribution in [0.3, 0.4) is 0 Å². The van der Waals surface area contributed by atoms with E-state index in [9.17, 15) is 4.79 Å². The highest BCUT2D eigenvalue weighted by Crippen LogP contribution is 2.32. The molecule has 1 aliphatic heterocycles. The van der Waals surface area contributed by atoms with E-state index in [0.717, 1.165) is 12.0 Å². The van der Waals surface area contributed by atoms with Crippen molar-refractivity contribution in [1.82, 2.24) is 0 Å². The van der Waals surface area contributed by atoms with E-state index in [-0.39, 0.29) is 11.7 Å². The Morgan fingerprint density at radius 2 is 1.79 bits per heavy atom. The Morgan fingerprint density at radius 1 is 1.05 bits per heavy atom. The maximum atomic E-state index is 12.6. The second-order valence-electron chi connectivity index (χ2n) is 4.96. The van der Waals surface area contributed by atoms with Gasteiger partial charge in [0.05, 0.1) is 18.1 Å². The lowest BCUT2D eigenvalue weighted by molar-refractivity contribution is 0.0958. The molecule has 3 rings (SSSR count). The van der Waals surface area contributed by atoms with Crippen LogP contribution in [0.4, 0.5) is 0 Å². The molecule has 1 unspecified atom stereocenters. The van der Waals surface area contributed by atoms with Crippen molar-refractivity contribution >= 4 is 5.78 Å². The first kappa shape index (κ1) is 12.0. The predicted octanol–water partition coefficient (Wildman–Crippen LogP) is 3.74. The van der Waals surface area contributed by atoms with E-state index in [1.807, 2.05) is 36.4 Å². The topological polar surface area (TPSA) is 26.3 Å². The van der Waals surface area contributed by atoms with Crippen LogP contribution in [0.2, 0.25) is 0 Å². The van der Waals surface area contributed by atoms with Crippen molar-refractivity contribution in [3.63, 3.8) is 0 Å². The lowest BCUT2D eigenvalue weighted by Crippen LogP contribution is -2.12. The minimum atomic E-state index is -0.0933. The maximum absolute atomic E-state index is 12.6. The molecular weight excluding hydrogens is 236 g/mol. The van der Waals surface area contributed by atoms with Crippen LogP contribution in [0, 0.1) is 6.92 Å². The number of hydrogen-bond acceptors (Lipinski definition) is 2. The van der Waals surface area contributed by atoms with Gasteiger partial charge in [-0.05, 0) is 31.0 Å². The predicted molar refractivity (Wildman–Crippen MR) is 74.8 cm³/mol. The summed E-state index contributed by atoms with van der Waals surface area (Å²) in [6.45, 7) is 2.64. The monoisotopic (exact) mass is 252 g/mol. The number of rotatable bonds is 1. The minimum absolute atomic E-state index is 0.0933. The highest BCUT2D eigenvalue weighted by atomic mass is 16.5. The number of benzene rings is 2. The van der Waals surface area contributed by atoms with Gasteiger partial charge in [0.1, 0.15) is 5.75 Å². The Kier molecular flexibility index (Phi) is 3.08. The molecule has 0 amide bonds. The highest BCUT2D eigenvalue weighted by Gasteiger charge is 2.27. The van der Waals surface area contributed by atoms with Crippen molar-refractivity contribution in [3.05, 3.63) is 65.2 Å². The molecule has 0 spiro atoms. The van der Waals surface area contributed by atoms with Gasteiger partial charge in [0, 0.05) is 0 Å². The summed E-state index contributed by atoms with van der Waals surface area (Å²) < 4.78 is 5.67. The molecule has 2 nitrogen and oxygen atoms in total. The summed E-state index contributed by atoms with van der Waals surface area (Å²) in [6.07, 6.45) is 0.733. The summed E-state index contributed by atoms with van der Waals surface area (Å²) in [6, 6.07) is 15.7. The van der Waals surface area contributed by atoms with E-state index >= 15 is 0 Å². The Hall–Kier alpha value is -2.09. The Balaban J connectivity index is 2.00. The first-order valence-electron chi connectivity index (χ1n) is 6.58. The molecule has 1 atom stereocenters. The second-order valence-corrected chi connectivity index (χ2v) is 4.96. The normalized spacial score (nSPS) is 18.4. The number of Topliss-reactive ketones (excluding diaryl/α,β-unsaturated/α-hetero) is 1. The molecule has 2 aromatic rings. The van der Waals surface area contributed by atoms with Crippen LogP contribution >= 0.6 is 0 Å². The van der Waals surface area contributed by atoms with Crippen LogP contribution < -0.4 is 4.74 Å². The maximum Gasteiger partial charge on any atom is 0.174 e. The third kappa shape index (κ3) is 2.26. The average Bonchev–Trinajstić information content (AvgIpc) is 2.60. The number of hydrogen-bond donors (Lipinski definition) is 0. The third-order valence-corrected chi connectivity index (χ3v) is 3.61. The fraction of sp³-hybridized carbons (Fsp3) is 0.235. The number of carbonyl (C=O) groups is 1. The van der Waals surface area contributed by atoms with Gasteiger partial charge < -0.3 is 4.74 Å². The number of aryl methyl sites for hydroxylation is 1. The van der Waals surface area contributed by atoms with Gasteiger partial charge in [0.2, 0.25) is 0 Å². The van der Waals surface area contributed by atoms with Crippen molar-refractivity contribution in [1.29, 1.82) is 0 Å². The summed E-state index contributed by atoms with van der Waals surface area (Å²) in [5, 5.41) is 0. The molecule has 0 bridgehead atoms. The number of ketones is 1. The van der Waals surface area contributed by atoms with Crippen LogP contribution in [-0.4, -0.2) is 12.4 Å². The second kappa shape index (κ2) is 4.88. The van der Waals surface area contributed by atoms with Gasteiger partial charge >= 0.3 is 0 Å². The molecule has 1 heterocycles. The zero-order chi connectivity index (χ0) is 13.2. The molecule has 2 heteroatoms. The van der Waals surface area contributed by atoms with E-state index in [2.05, 4.69) is 19.1 Å². The largest absolute Gasteiger partial charge is 0.493 e. The van der Waals surface area contributed by atoms with Crippen LogP contribution in [0.15, 0.2) is 48.5 Å². The minimum Gasteiger partial charge on any atom is -0.493 e. The number of carbonyl (C=O) groups excluding carboxylic acids is 1. The van der Waals surface area contributed by atoms with Gasteiger partial charge in [0.15, 0.2) is 5.78 Å². The SMILES string of the molecule is Cc1ccc(C2CCOc3ccccc3C2=O)cc1. The van der Waals surface area contributed by atoms with Gasteiger partial charge in [-0.25, -0.2) is 0 Å². The smallest absolute Gasteiger partial charge is 0.174 e. The van der Waals surface area contributed by atoms with Gasteiger partial charge in [-0.15, -0.1) is 0 Å². The molecule has 96 valence electrons. The van der Waals surface area contributed by atoms with Gasteiger partial charge in [-0.2, -0.15) is 0 Å². The molecule has 19 heavy (non-hydrogen) atoms. The van der Waals surface area contributed by atoms with Crippen LogP contribution in [0.5, 0.6) is 5.75 Å². The van der Waals surface area contributed by atoms with E-state index < -0.39 is 0 Å². The van der Waals surface area contributed by atoms with Crippen LogP contribution in [0.1, 0.15) is 33.8 Å². The Labute approximate surface area is 113 Å². The average molecular weight is 252 g/mol. The molecule has 0 aromatic heterocycles. The summed E-state index contributed by atoms with van der Waals surface area (Å²) in [5.74, 6) is 0.781. The van der Waals surface area contributed by atoms with Crippen LogP contribution in [-0.2, 0) is 0 Å². The zero-order valence-electron chi connectivity index (χ0n) is 10.9. The Bertz CT molecular complexity index is 599. The van der Waals surface area contributed by atoms with E-state index in [1.54, 1.807) is 0 Å². The fourth-order valence-electron chi connectivity index (χ4n) is 2.52. The van der Waals surface area contributed by atoms with Crippen molar-refractivity contribution in [3.8, 4) is 5.75 Å². The van der Waals surface area contributed by atoms with E-state index in [0.29, 0.717) is 17.9 Å². The van der Waals surface area contributed by atoms with Gasteiger partial charge in [0.25, 0.3) is 0 Å². The molecule has 0 saturated carbocycles. The first-order chi connectivity index (χ1) is 9.25. The van der Waals surface area contributed by atoms with E-state index in [4.69, 9.17) is 4.74 Å². The van der Waals surface area contributed by atoms with Gasteiger partial charge in [-0.3, -0.25) is 4.79 Å². The molecule has 0 radical (unpaired) electrons. The molecular formula is C17H16O2. The molecule has 0 fully saturated rings. The lowest BCUT2D eigenvalue weighted by atomic mass is 9.88. The third-order valence-electron chi connectivity index (χ3n) is 3.61. The summed E-state index contributed by atoms with van der Waals surface area (Å²) >= 11 is 0. The number of para-hydroxylation sites is 1. The van der Waals surface area contributed by atoms with Crippen molar-refractivity contribution in [2.75, 3.05) is 6.61 Å². The molecule has 2 aromatic carbocycles. The quantitative estimate of drug-likeness (QED) is 0.772. The highest BCUT2D eigenvalue weighted by molar-refractivity contribution is 6.03. The van der Waals surface area contributed by atoms with Crippen molar-refractivity contribution < 1.29 is 9.53 Å². The molecule has 0 saturated heterocycles. The number of ether oxygens (including phenoxy) is 1. The van der Waals surface area contributed by atoms with Gasteiger partial charge in [-0.1, -0.05) is 42.0 Å². The van der Waals surface area contributed by atoms with Crippen molar-refractivity contribution in [2.24, 2.45) is 0 Å². The zero-order valence-corrected chi connectivity index (χ0v) is 10.9. The van der Waals surface area contributed by atoms with Crippen LogP contribution in [0.25, 0.3) is 0 Å². The number of fused-ring (bicyclic) bond motifs is 1. The lowest BCUT2D eigenvalue weighted by Gasteiger charge is -2.13. The molecule has 1 aliphatic rings. The summed E-state index contributed by atoms with van der Waals surface area (Å²) in [7, 11) is 0. The van der Waals surface area contributed by atoms with Crippen molar-refractivity contribution in [2.45, 2.75) is 19.3 Å². The molecule has 0 N–H and O–H groups in total. The Morgan fingerprint density at radius 3 is 2.58 bits per heavy atom. The molecule has 0 aliphatic carbocycles.